The third-order valence-corrected chi connectivity index (χ3v) is 9.77. The van der Waals surface area contributed by atoms with Gasteiger partial charge in [-0.2, -0.15) is 4.68 Å². The van der Waals surface area contributed by atoms with Gasteiger partial charge in [-0.25, -0.2) is 14.7 Å². The van der Waals surface area contributed by atoms with E-state index in [4.69, 9.17) is 14.5 Å². The van der Waals surface area contributed by atoms with Crippen molar-refractivity contribution < 1.29 is 4.74 Å². The van der Waals surface area contributed by atoms with Gasteiger partial charge in [0.15, 0.2) is 5.82 Å². The van der Waals surface area contributed by atoms with Crippen molar-refractivity contribution >= 4 is 39.8 Å². The van der Waals surface area contributed by atoms with Crippen LogP contribution in [-0.2, 0) is 0 Å². The summed E-state index contributed by atoms with van der Waals surface area (Å²) in [6.45, 7) is 0. The maximum Gasteiger partial charge on any atom is 0.200 e. The summed E-state index contributed by atoms with van der Waals surface area (Å²) in [5.41, 5.74) is 1.49. The van der Waals surface area contributed by atoms with E-state index >= 15 is 0 Å². The lowest BCUT2D eigenvalue weighted by Crippen LogP contribution is -2.25. The van der Waals surface area contributed by atoms with Crippen LogP contribution in [-0.4, -0.2) is 32.1 Å². The Morgan fingerprint density at radius 2 is 1.27 bits per heavy atom. The highest BCUT2D eigenvalue weighted by molar-refractivity contribution is 7.87. The van der Waals surface area contributed by atoms with Crippen molar-refractivity contribution in [3.8, 4) is 11.6 Å². The van der Waals surface area contributed by atoms with Gasteiger partial charge in [0.25, 0.3) is 0 Å². The standard InChI is InChI=1S/C29H23N6OP/c1-36-22-17-18-27-26(21-22)32-34-35(27)29-28(30-19-20-31-29)33-37(23-11-5-2-6-12-23,24-13-7-3-8-14-24)25-15-9-4-10-16-25/h2-21H,1H3. The molecule has 6 aromatic rings. The zero-order chi connectivity index (χ0) is 25.1. The van der Waals surface area contributed by atoms with Gasteiger partial charge in [0.2, 0.25) is 5.82 Å². The molecule has 0 unspecified atom stereocenters. The van der Waals surface area contributed by atoms with Crippen LogP contribution in [0, 0.1) is 0 Å². The number of nitrogens with zero attached hydrogens (tertiary/aromatic N) is 6. The molecule has 0 amide bonds. The molecule has 0 atom stereocenters. The van der Waals surface area contributed by atoms with Crippen LogP contribution in [0.25, 0.3) is 16.9 Å². The molecule has 2 aromatic heterocycles. The summed E-state index contributed by atoms with van der Waals surface area (Å²) >= 11 is 0. The number of hydrogen-bond donors (Lipinski definition) is 0. The van der Waals surface area contributed by atoms with E-state index in [0.717, 1.165) is 21.4 Å². The molecule has 0 aliphatic carbocycles. The predicted octanol–water partition coefficient (Wildman–Crippen LogP) is 5.03. The molecule has 0 N–H and O–H groups in total. The number of ether oxygens (including phenoxy) is 1. The van der Waals surface area contributed by atoms with E-state index < -0.39 is 7.05 Å². The first-order valence-electron chi connectivity index (χ1n) is 11.8. The van der Waals surface area contributed by atoms with Crippen LogP contribution in [0.2, 0.25) is 0 Å². The zero-order valence-corrected chi connectivity index (χ0v) is 21.0. The molecule has 0 saturated heterocycles. The van der Waals surface area contributed by atoms with Crippen LogP contribution in [0.4, 0.5) is 5.82 Å². The SMILES string of the molecule is COc1ccc2c(c1)nnn2-c1nccnc1N=P(c1ccccc1)(c1ccccc1)c1ccccc1. The lowest BCUT2D eigenvalue weighted by molar-refractivity contribution is 0.415. The van der Waals surface area contributed by atoms with Crippen LogP contribution >= 0.6 is 7.05 Å². The number of hydrogen-bond acceptors (Lipinski definition) is 6. The lowest BCUT2D eigenvalue weighted by Gasteiger charge is -2.26. The molecule has 7 nitrogen and oxygen atoms in total. The topological polar surface area (TPSA) is 78.1 Å². The van der Waals surface area contributed by atoms with Crippen molar-refractivity contribution in [2.45, 2.75) is 0 Å². The van der Waals surface area contributed by atoms with Crippen molar-refractivity contribution in [3.05, 3.63) is 122 Å². The second-order valence-corrected chi connectivity index (χ2v) is 11.3. The molecule has 6 rings (SSSR count). The van der Waals surface area contributed by atoms with E-state index in [1.54, 1.807) is 24.2 Å². The summed E-state index contributed by atoms with van der Waals surface area (Å²) in [6.07, 6.45) is 3.32. The van der Waals surface area contributed by atoms with Crippen LogP contribution < -0.4 is 20.7 Å². The van der Waals surface area contributed by atoms with Gasteiger partial charge < -0.3 is 4.74 Å². The molecule has 0 aliphatic heterocycles. The second kappa shape index (κ2) is 9.80. The van der Waals surface area contributed by atoms with Crippen molar-refractivity contribution in [1.29, 1.82) is 0 Å². The molecule has 180 valence electrons. The van der Waals surface area contributed by atoms with Gasteiger partial charge in [-0.05, 0) is 12.1 Å². The van der Waals surface area contributed by atoms with Crippen LogP contribution in [0.5, 0.6) is 5.75 Å². The number of rotatable bonds is 6. The van der Waals surface area contributed by atoms with E-state index in [-0.39, 0.29) is 0 Å². The van der Waals surface area contributed by atoms with Gasteiger partial charge in [0.05, 0.1) is 19.7 Å². The largest absolute Gasteiger partial charge is 0.497 e. The second-order valence-electron chi connectivity index (χ2n) is 8.30. The van der Waals surface area contributed by atoms with Gasteiger partial charge >= 0.3 is 0 Å². The molecule has 4 aromatic carbocycles. The summed E-state index contributed by atoms with van der Waals surface area (Å²) in [4.78, 5) is 9.39. The number of aromatic nitrogens is 5. The molecule has 0 saturated carbocycles. The van der Waals surface area contributed by atoms with Gasteiger partial charge in [-0.15, -0.1) is 5.10 Å². The van der Waals surface area contributed by atoms with Gasteiger partial charge in [0.1, 0.15) is 11.3 Å². The molecule has 37 heavy (non-hydrogen) atoms. The van der Waals surface area contributed by atoms with Crippen molar-refractivity contribution in [3.63, 3.8) is 0 Å². The molecule has 2 heterocycles. The predicted molar refractivity (Wildman–Crippen MR) is 148 cm³/mol. The van der Waals surface area contributed by atoms with E-state index in [0.29, 0.717) is 22.9 Å². The average Bonchev–Trinajstić information content (AvgIpc) is 3.40. The Morgan fingerprint density at radius 1 is 0.703 bits per heavy atom. The smallest absolute Gasteiger partial charge is 0.200 e. The fourth-order valence-corrected chi connectivity index (χ4v) is 7.90. The number of fused-ring (bicyclic) bond motifs is 1. The molecule has 8 heteroatoms. The highest BCUT2D eigenvalue weighted by Gasteiger charge is 2.28. The molecular weight excluding hydrogens is 479 g/mol. The Morgan fingerprint density at radius 3 is 1.84 bits per heavy atom. The van der Waals surface area contributed by atoms with Crippen LogP contribution in [0.1, 0.15) is 0 Å². The van der Waals surface area contributed by atoms with E-state index in [1.807, 2.05) is 36.4 Å². The normalized spacial score (nSPS) is 11.4. The third kappa shape index (κ3) is 4.09. The Bertz CT molecular complexity index is 1620. The van der Waals surface area contributed by atoms with Crippen LogP contribution in [0.3, 0.4) is 0 Å². The summed E-state index contributed by atoms with van der Waals surface area (Å²) in [5, 5.41) is 12.1. The summed E-state index contributed by atoms with van der Waals surface area (Å²) < 4.78 is 12.6. The van der Waals surface area contributed by atoms with E-state index in [1.165, 1.54) is 0 Å². The summed E-state index contributed by atoms with van der Waals surface area (Å²) in [7, 11) is -0.906. The first kappa shape index (κ1) is 22.8. The van der Waals surface area contributed by atoms with Gasteiger partial charge in [-0.1, -0.05) is 96.2 Å². The lowest BCUT2D eigenvalue weighted by atomic mass is 10.3. The van der Waals surface area contributed by atoms with E-state index in [9.17, 15) is 0 Å². The maximum absolute atomic E-state index is 5.52. The quantitative estimate of drug-likeness (QED) is 0.299. The molecule has 0 fully saturated rings. The minimum Gasteiger partial charge on any atom is -0.497 e. The van der Waals surface area contributed by atoms with Gasteiger partial charge in [-0.3, -0.25) is 0 Å². The Hall–Kier alpha value is -4.61. The summed E-state index contributed by atoms with van der Waals surface area (Å²) in [6, 6.07) is 36.9. The van der Waals surface area contributed by atoms with Gasteiger partial charge in [0, 0.05) is 34.4 Å². The number of methoxy groups -OCH3 is 1. The minimum absolute atomic E-state index is 0.495. The first-order valence-corrected chi connectivity index (χ1v) is 13.5. The Kier molecular flexibility index (Phi) is 6.05. The Balaban J connectivity index is 1.68. The third-order valence-electron chi connectivity index (χ3n) is 6.15. The highest BCUT2D eigenvalue weighted by Crippen LogP contribution is 2.49. The van der Waals surface area contributed by atoms with Crippen molar-refractivity contribution in [2.75, 3.05) is 7.11 Å². The average molecular weight is 503 g/mol. The zero-order valence-electron chi connectivity index (χ0n) is 20.1. The van der Waals surface area contributed by atoms with Crippen molar-refractivity contribution in [2.24, 2.45) is 4.74 Å². The monoisotopic (exact) mass is 502 g/mol. The highest BCUT2D eigenvalue weighted by atomic mass is 31.2. The molecule has 0 spiro atoms. The van der Waals surface area contributed by atoms with E-state index in [2.05, 4.69) is 88.1 Å². The number of benzene rings is 4. The molecule has 0 aliphatic rings. The summed E-state index contributed by atoms with van der Waals surface area (Å²) in [5.74, 6) is 1.73. The van der Waals surface area contributed by atoms with Crippen LogP contribution in [0.15, 0.2) is 126 Å². The fourth-order valence-electron chi connectivity index (χ4n) is 4.42. The van der Waals surface area contributed by atoms with Crippen molar-refractivity contribution in [1.82, 2.24) is 25.0 Å². The molecule has 0 radical (unpaired) electrons. The Labute approximate surface area is 214 Å². The maximum atomic E-state index is 5.52. The molecular formula is C29H23N6OP. The fraction of sp³-hybridized carbons (Fsp3) is 0.0345. The first-order chi connectivity index (χ1) is 18.3. The molecule has 0 bridgehead atoms. The minimum atomic E-state index is -2.54.